The fraction of sp³-hybridized carbons (Fsp3) is 0.375. The van der Waals surface area contributed by atoms with Gasteiger partial charge in [0, 0.05) is 16.7 Å². The first-order valence-corrected chi connectivity index (χ1v) is 4.28. The minimum absolute atomic E-state index is 0. The Labute approximate surface area is 99.3 Å². The molecule has 0 aliphatic carbocycles. The molecule has 0 fully saturated rings. The zero-order valence-corrected chi connectivity index (χ0v) is 10.7. The van der Waals surface area contributed by atoms with E-state index in [-0.39, 0.29) is 30.9 Å². The number of rotatable bonds is 1. The lowest BCUT2D eigenvalue weighted by Gasteiger charge is -2.05. The number of aryl methyl sites for hydroxylation is 1. The molecule has 1 aromatic rings. The highest BCUT2D eigenvalue weighted by molar-refractivity contribution is 9.10. The van der Waals surface area contributed by atoms with Crippen LogP contribution in [-0.4, -0.2) is 4.98 Å². The van der Waals surface area contributed by atoms with Crippen LogP contribution in [-0.2, 0) is 0 Å². The SMILES string of the molecule is Cc1cc(C(C)N)ncc1Br.Cl.Cl. The van der Waals surface area contributed by atoms with Gasteiger partial charge >= 0.3 is 0 Å². The second-order valence-electron chi connectivity index (χ2n) is 2.65. The summed E-state index contributed by atoms with van der Waals surface area (Å²) in [5, 5.41) is 0. The molecule has 0 aliphatic rings. The van der Waals surface area contributed by atoms with Crippen molar-refractivity contribution in [3.05, 3.63) is 28.0 Å². The van der Waals surface area contributed by atoms with Crippen molar-refractivity contribution in [3.63, 3.8) is 0 Å². The molecule has 1 aromatic heterocycles. The van der Waals surface area contributed by atoms with Crippen LogP contribution in [0.5, 0.6) is 0 Å². The molecule has 0 bridgehead atoms. The molecule has 1 heterocycles. The van der Waals surface area contributed by atoms with Crippen LogP contribution in [0.2, 0.25) is 0 Å². The molecule has 1 atom stereocenters. The van der Waals surface area contributed by atoms with Gasteiger partial charge in [0.25, 0.3) is 0 Å². The quantitative estimate of drug-likeness (QED) is 0.862. The van der Waals surface area contributed by atoms with Gasteiger partial charge in [0.1, 0.15) is 0 Å². The molecule has 13 heavy (non-hydrogen) atoms. The van der Waals surface area contributed by atoms with Crippen LogP contribution in [0.25, 0.3) is 0 Å². The standard InChI is InChI=1S/C8H11BrN2.2ClH/c1-5-3-8(6(2)10)11-4-7(5)9;;/h3-4,6H,10H2,1-2H3;2*1H. The van der Waals surface area contributed by atoms with Crippen molar-refractivity contribution in [2.75, 3.05) is 0 Å². The average molecular weight is 288 g/mol. The molecule has 76 valence electrons. The van der Waals surface area contributed by atoms with Crippen molar-refractivity contribution in [1.29, 1.82) is 0 Å². The van der Waals surface area contributed by atoms with E-state index in [2.05, 4.69) is 20.9 Å². The second-order valence-corrected chi connectivity index (χ2v) is 3.50. The van der Waals surface area contributed by atoms with Gasteiger partial charge in [-0.25, -0.2) is 0 Å². The second kappa shape index (κ2) is 6.60. The zero-order chi connectivity index (χ0) is 8.43. The number of hydrogen-bond acceptors (Lipinski definition) is 2. The summed E-state index contributed by atoms with van der Waals surface area (Å²) < 4.78 is 1.03. The Kier molecular flexibility index (Phi) is 7.93. The number of halogens is 3. The first-order chi connectivity index (χ1) is 5.11. The molecule has 0 aromatic carbocycles. The van der Waals surface area contributed by atoms with E-state index in [9.17, 15) is 0 Å². The van der Waals surface area contributed by atoms with Crippen LogP contribution >= 0.6 is 40.7 Å². The molecule has 0 spiro atoms. The monoisotopic (exact) mass is 286 g/mol. The smallest absolute Gasteiger partial charge is 0.0571 e. The van der Waals surface area contributed by atoms with E-state index in [1.807, 2.05) is 19.9 Å². The third-order valence-corrected chi connectivity index (χ3v) is 2.36. The van der Waals surface area contributed by atoms with E-state index in [0.29, 0.717) is 0 Å². The molecular formula is C8H13BrCl2N2. The minimum Gasteiger partial charge on any atom is -0.323 e. The van der Waals surface area contributed by atoms with Crippen molar-refractivity contribution in [3.8, 4) is 0 Å². The van der Waals surface area contributed by atoms with Gasteiger partial charge in [0.2, 0.25) is 0 Å². The summed E-state index contributed by atoms with van der Waals surface area (Å²) in [6, 6.07) is 2.01. The lowest BCUT2D eigenvalue weighted by Crippen LogP contribution is -2.07. The first-order valence-electron chi connectivity index (χ1n) is 3.49. The highest BCUT2D eigenvalue weighted by Gasteiger charge is 2.02. The summed E-state index contributed by atoms with van der Waals surface area (Å²) in [6.45, 7) is 3.95. The van der Waals surface area contributed by atoms with Crippen molar-refractivity contribution in [1.82, 2.24) is 4.98 Å². The number of pyridine rings is 1. The van der Waals surface area contributed by atoms with Crippen molar-refractivity contribution in [2.24, 2.45) is 5.73 Å². The molecule has 5 heteroatoms. The number of nitrogens with two attached hydrogens (primary N) is 1. The molecule has 2 nitrogen and oxygen atoms in total. The van der Waals surface area contributed by atoms with Gasteiger partial charge in [-0.2, -0.15) is 0 Å². The van der Waals surface area contributed by atoms with Crippen molar-refractivity contribution < 1.29 is 0 Å². The minimum atomic E-state index is 0. The van der Waals surface area contributed by atoms with E-state index in [4.69, 9.17) is 5.73 Å². The van der Waals surface area contributed by atoms with Gasteiger partial charge in [-0.1, -0.05) is 0 Å². The Hall–Kier alpha value is 0.170. The van der Waals surface area contributed by atoms with Gasteiger partial charge in [-0.05, 0) is 41.4 Å². The van der Waals surface area contributed by atoms with Crippen LogP contribution in [0, 0.1) is 6.92 Å². The zero-order valence-electron chi connectivity index (χ0n) is 7.45. The highest BCUT2D eigenvalue weighted by atomic mass is 79.9. The van der Waals surface area contributed by atoms with Crippen LogP contribution in [0.3, 0.4) is 0 Å². The van der Waals surface area contributed by atoms with E-state index >= 15 is 0 Å². The molecule has 1 unspecified atom stereocenters. The lowest BCUT2D eigenvalue weighted by atomic mass is 10.2. The van der Waals surface area contributed by atoms with Crippen LogP contribution < -0.4 is 5.73 Å². The van der Waals surface area contributed by atoms with Crippen LogP contribution in [0.1, 0.15) is 24.2 Å². The van der Waals surface area contributed by atoms with Crippen LogP contribution in [0.15, 0.2) is 16.7 Å². The maximum Gasteiger partial charge on any atom is 0.0571 e. The average Bonchev–Trinajstić information content (AvgIpc) is 1.94. The molecule has 0 radical (unpaired) electrons. The fourth-order valence-electron chi connectivity index (χ4n) is 0.810. The van der Waals surface area contributed by atoms with E-state index < -0.39 is 0 Å². The predicted molar refractivity (Wildman–Crippen MR) is 63.8 cm³/mol. The van der Waals surface area contributed by atoms with Gasteiger partial charge in [-0.3, -0.25) is 4.98 Å². The van der Waals surface area contributed by atoms with Crippen molar-refractivity contribution >= 4 is 40.7 Å². The van der Waals surface area contributed by atoms with Crippen LogP contribution in [0.4, 0.5) is 0 Å². The molecular weight excluding hydrogens is 275 g/mol. The summed E-state index contributed by atoms with van der Waals surface area (Å²) in [4.78, 5) is 4.17. The van der Waals surface area contributed by atoms with E-state index in [1.165, 1.54) is 5.56 Å². The summed E-state index contributed by atoms with van der Waals surface area (Å²) in [6.07, 6.45) is 1.79. The fourth-order valence-corrected chi connectivity index (χ4v) is 1.03. The number of hydrogen-bond donors (Lipinski definition) is 1. The topological polar surface area (TPSA) is 38.9 Å². The molecule has 0 aliphatic heterocycles. The van der Waals surface area contributed by atoms with Gasteiger partial charge in [-0.15, -0.1) is 24.8 Å². The number of nitrogens with zero attached hydrogens (tertiary/aromatic N) is 1. The summed E-state index contributed by atoms with van der Waals surface area (Å²) in [5.41, 5.74) is 7.76. The third-order valence-electron chi connectivity index (χ3n) is 1.53. The Morgan fingerprint density at radius 2 is 2.00 bits per heavy atom. The summed E-state index contributed by atoms with van der Waals surface area (Å²) in [5.74, 6) is 0. The summed E-state index contributed by atoms with van der Waals surface area (Å²) in [7, 11) is 0. The highest BCUT2D eigenvalue weighted by Crippen LogP contribution is 2.17. The number of aromatic nitrogens is 1. The van der Waals surface area contributed by atoms with Gasteiger partial charge in [0.15, 0.2) is 0 Å². The normalized spacial score (nSPS) is 11.1. The Bertz CT molecular complexity index is 266. The lowest BCUT2D eigenvalue weighted by molar-refractivity contribution is 0.778. The molecule has 1 rings (SSSR count). The Morgan fingerprint density at radius 3 is 2.38 bits per heavy atom. The molecule has 0 amide bonds. The van der Waals surface area contributed by atoms with Crippen molar-refractivity contribution in [2.45, 2.75) is 19.9 Å². The molecule has 2 N–H and O–H groups in total. The van der Waals surface area contributed by atoms with Gasteiger partial charge < -0.3 is 5.73 Å². The molecule has 0 saturated heterocycles. The third kappa shape index (κ3) is 4.27. The maximum absolute atomic E-state index is 5.65. The first kappa shape index (κ1) is 15.6. The largest absolute Gasteiger partial charge is 0.323 e. The Balaban J connectivity index is 0. The molecule has 0 saturated carbocycles. The predicted octanol–water partition coefficient (Wildman–Crippen LogP) is 3.02. The Morgan fingerprint density at radius 1 is 1.46 bits per heavy atom. The summed E-state index contributed by atoms with van der Waals surface area (Å²) >= 11 is 3.38. The van der Waals surface area contributed by atoms with E-state index in [1.54, 1.807) is 6.20 Å². The van der Waals surface area contributed by atoms with E-state index in [0.717, 1.165) is 10.2 Å². The van der Waals surface area contributed by atoms with Gasteiger partial charge in [0.05, 0.1) is 5.69 Å². The maximum atomic E-state index is 5.65.